The third-order valence-corrected chi connectivity index (χ3v) is 5.27. The summed E-state index contributed by atoms with van der Waals surface area (Å²) < 4.78 is 23.7. The molecule has 0 unspecified atom stereocenters. The van der Waals surface area contributed by atoms with Crippen LogP contribution in [0.1, 0.15) is 36.2 Å². The minimum absolute atomic E-state index is 0.0407. The molecule has 0 aliphatic heterocycles. The number of amides is 1. The summed E-state index contributed by atoms with van der Waals surface area (Å²) in [5.41, 5.74) is 0.275. The van der Waals surface area contributed by atoms with E-state index in [2.05, 4.69) is 20.4 Å². The first-order valence-corrected chi connectivity index (χ1v) is 9.51. The van der Waals surface area contributed by atoms with Crippen LogP contribution in [0.15, 0.2) is 40.5 Å². The summed E-state index contributed by atoms with van der Waals surface area (Å²) in [6, 6.07) is 5.71. The second-order valence-corrected chi connectivity index (χ2v) is 7.25. The molecule has 9 heteroatoms. The Bertz CT molecular complexity index is 890. The Morgan fingerprint density at radius 2 is 2.04 bits per heavy atom. The molecule has 1 saturated carbocycles. The van der Waals surface area contributed by atoms with Gasteiger partial charge >= 0.3 is 6.01 Å². The van der Waals surface area contributed by atoms with Gasteiger partial charge in [-0.25, -0.2) is 14.4 Å². The van der Waals surface area contributed by atoms with E-state index in [1.54, 1.807) is 6.07 Å². The normalized spacial score (nSPS) is 19.6. The largest absolute Gasteiger partial charge is 0.460 e. The molecule has 1 aliphatic carbocycles. The van der Waals surface area contributed by atoms with Gasteiger partial charge in [-0.1, -0.05) is 11.2 Å². The highest BCUT2D eigenvalue weighted by molar-refractivity contribution is 7.13. The highest BCUT2D eigenvalue weighted by Crippen LogP contribution is 2.26. The zero-order chi connectivity index (χ0) is 18.6. The summed E-state index contributed by atoms with van der Waals surface area (Å²) >= 11 is 1.53. The molecule has 7 nitrogen and oxygen atoms in total. The number of carbonyl (C=O) groups excluding carboxylic acids is 1. The van der Waals surface area contributed by atoms with Gasteiger partial charge in [-0.2, -0.15) is 0 Å². The fraction of sp³-hybridized carbons (Fsp3) is 0.333. The van der Waals surface area contributed by atoms with Gasteiger partial charge in [0, 0.05) is 12.1 Å². The van der Waals surface area contributed by atoms with E-state index in [9.17, 15) is 9.18 Å². The van der Waals surface area contributed by atoms with Crippen molar-refractivity contribution in [2.75, 3.05) is 0 Å². The zero-order valence-electron chi connectivity index (χ0n) is 14.3. The van der Waals surface area contributed by atoms with E-state index in [0.717, 1.165) is 43.0 Å². The van der Waals surface area contributed by atoms with Crippen LogP contribution in [0.4, 0.5) is 4.39 Å². The maximum Gasteiger partial charge on any atom is 0.316 e. The summed E-state index contributed by atoms with van der Waals surface area (Å²) in [6.45, 7) is 0. The Morgan fingerprint density at radius 1 is 1.26 bits per heavy atom. The second-order valence-electron chi connectivity index (χ2n) is 6.30. The third kappa shape index (κ3) is 4.30. The van der Waals surface area contributed by atoms with Gasteiger partial charge in [-0.05, 0) is 37.1 Å². The highest BCUT2D eigenvalue weighted by atomic mass is 32.1. The Morgan fingerprint density at radius 3 is 2.74 bits per heavy atom. The van der Waals surface area contributed by atoms with Crippen LogP contribution in [0.3, 0.4) is 0 Å². The van der Waals surface area contributed by atoms with Gasteiger partial charge in [0.2, 0.25) is 0 Å². The Kier molecular flexibility index (Phi) is 5.10. The van der Waals surface area contributed by atoms with E-state index in [-0.39, 0.29) is 29.8 Å². The van der Waals surface area contributed by atoms with Crippen LogP contribution in [0.25, 0.3) is 10.6 Å². The maximum absolute atomic E-state index is 12.8. The van der Waals surface area contributed by atoms with Crippen LogP contribution in [0.2, 0.25) is 0 Å². The van der Waals surface area contributed by atoms with Gasteiger partial charge in [0.25, 0.3) is 5.91 Å². The SMILES string of the molecule is O=C(NC1CCC(Oc2ncc(F)cn2)CC1)c1cc(-c2cccs2)on1. The lowest BCUT2D eigenvalue weighted by atomic mass is 9.93. The fourth-order valence-corrected chi connectivity index (χ4v) is 3.69. The molecule has 0 saturated heterocycles. The molecule has 27 heavy (non-hydrogen) atoms. The van der Waals surface area contributed by atoms with Crippen molar-refractivity contribution in [3.63, 3.8) is 0 Å². The average molecular weight is 388 g/mol. The summed E-state index contributed by atoms with van der Waals surface area (Å²) in [7, 11) is 0. The molecule has 1 fully saturated rings. The molecule has 0 spiro atoms. The molecular formula is C18H17FN4O3S. The summed E-state index contributed by atoms with van der Waals surface area (Å²) in [4.78, 5) is 20.9. The van der Waals surface area contributed by atoms with E-state index in [1.165, 1.54) is 11.3 Å². The van der Waals surface area contributed by atoms with Crippen molar-refractivity contribution in [1.82, 2.24) is 20.4 Å². The van der Waals surface area contributed by atoms with Crippen LogP contribution in [-0.2, 0) is 0 Å². The lowest BCUT2D eigenvalue weighted by Crippen LogP contribution is -2.39. The summed E-state index contributed by atoms with van der Waals surface area (Å²) in [5.74, 6) is -0.150. The van der Waals surface area contributed by atoms with Crippen molar-refractivity contribution in [1.29, 1.82) is 0 Å². The van der Waals surface area contributed by atoms with Gasteiger partial charge in [0.05, 0.1) is 17.3 Å². The van der Waals surface area contributed by atoms with Gasteiger partial charge < -0.3 is 14.6 Å². The molecule has 3 heterocycles. The monoisotopic (exact) mass is 388 g/mol. The van der Waals surface area contributed by atoms with Crippen LogP contribution in [-0.4, -0.2) is 33.2 Å². The van der Waals surface area contributed by atoms with Crippen molar-refractivity contribution >= 4 is 17.2 Å². The molecule has 3 aromatic rings. The van der Waals surface area contributed by atoms with Crippen molar-refractivity contribution in [3.8, 4) is 16.6 Å². The molecule has 4 rings (SSSR count). The van der Waals surface area contributed by atoms with Crippen molar-refractivity contribution in [3.05, 3.63) is 47.5 Å². The number of hydrogen-bond acceptors (Lipinski definition) is 7. The van der Waals surface area contributed by atoms with Gasteiger partial charge in [0.1, 0.15) is 6.10 Å². The predicted octanol–water partition coefficient (Wildman–Crippen LogP) is 3.45. The van der Waals surface area contributed by atoms with E-state index >= 15 is 0 Å². The number of ether oxygens (including phenoxy) is 1. The Labute approximate surface area is 158 Å². The summed E-state index contributed by atoms with van der Waals surface area (Å²) in [5, 5.41) is 8.79. The molecule has 0 aromatic carbocycles. The topological polar surface area (TPSA) is 90.1 Å². The van der Waals surface area contributed by atoms with Gasteiger partial charge in [-0.3, -0.25) is 4.79 Å². The summed E-state index contributed by atoms with van der Waals surface area (Å²) in [6.07, 6.45) is 5.17. The first-order chi connectivity index (χ1) is 13.2. The van der Waals surface area contributed by atoms with Crippen LogP contribution < -0.4 is 10.1 Å². The molecular weight excluding hydrogens is 371 g/mol. The van der Waals surface area contributed by atoms with E-state index in [1.807, 2.05) is 17.5 Å². The van der Waals surface area contributed by atoms with Gasteiger partial charge in [-0.15, -0.1) is 11.3 Å². The van der Waals surface area contributed by atoms with Crippen molar-refractivity contribution in [2.45, 2.75) is 37.8 Å². The number of hydrogen-bond donors (Lipinski definition) is 1. The standard InChI is InChI=1S/C18H17FN4O3S/c19-11-9-20-18(21-10-11)25-13-5-3-12(4-6-13)22-17(24)14-8-15(26-23-14)16-2-1-7-27-16/h1-2,7-10,12-13H,3-6H2,(H,22,24). The molecule has 0 radical (unpaired) electrons. The lowest BCUT2D eigenvalue weighted by molar-refractivity contribution is 0.0876. The van der Waals surface area contributed by atoms with E-state index in [4.69, 9.17) is 9.26 Å². The van der Waals surface area contributed by atoms with Crippen molar-refractivity contribution < 1.29 is 18.4 Å². The van der Waals surface area contributed by atoms with Crippen molar-refractivity contribution in [2.24, 2.45) is 0 Å². The minimum atomic E-state index is -0.496. The number of nitrogens with zero attached hydrogens (tertiary/aromatic N) is 3. The first kappa shape index (κ1) is 17.6. The second kappa shape index (κ2) is 7.83. The minimum Gasteiger partial charge on any atom is -0.460 e. The van der Waals surface area contributed by atoms with E-state index < -0.39 is 5.82 Å². The lowest BCUT2D eigenvalue weighted by Gasteiger charge is -2.28. The van der Waals surface area contributed by atoms with Crippen LogP contribution in [0.5, 0.6) is 6.01 Å². The number of thiophene rings is 1. The number of carbonyl (C=O) groups is 1. The smallest absolute Gasteiger partial charge is 0.316 e. The molecule has 0 bridgehead atoms. The first-order valence-electron chi connectivity index (χ1n) is 8.63. The average Bonchev–Trinajstić information content (AvgIpc) is 3.36. The number of aromatic nitrogens is 3. The molecule has 0 atom stereocenters. The molecule has 1 amide bonds. The maximum atomic E-state index is 12.8. The highest BCUT2D eigenvalue weighted by Gasteiger charge is 2.25. The van der Waals surface area contributed by atoms with Crippen LogP contribution >= 0.6 is 11.3 Å². The van der Waals surface area contributed by atoms with Crippen LogP contribution in [0, 0.1) is 5.82 Å². The predicted molar refractivity (Wildman–Crippen MR) is 95.9 cm³/mol. The molecule has 140 valence electrons. The van der Waals surface area contributed by atoms with Gasteiger partial charge in [0.15, 0.2) is 17.3 Å². The molecule has 3 aromatic heterocycles. The molecule has 1 N–H and O–H groups in total. The van der Waals surface area contributed by atoms with E-state index in [0.29, 0.717) is 5.76 Å². The number of rotatable bonds is 5. The molecule has 1 aliphatic rings. The number of nitrogens with one attached hydrogen (secondary N) is 1. The quantitative estimate of drug-likeness (QED) is 0.720. The Balaban J connectivity index is 1.27. The Hall–Kier alpha value is -2.81. The fourth-order valence-electron chi connectivity index (χ4n) is 3.01. The zero-order valence-corrected chi connectivity index (χ0v) is 15.1. The third-order valence-electron chi connectivity index (χ3n) is 4.38. The number of halogens is 1.